The van der Waals surface area contributed by atoms with Gasteiger partial charge >= 0.3 is 0 Å². The molecule has 1 aromatic heterocycles. The first kappa shape index (κ1) is 25.8. The number of pyridine rings is 1. The predicted molar refractivity (Wildman–Crippen MR) is 134 cm³/mol. The van der Waals surface area contributed by atoms with Crippen molar-refractivity contribution in [2.75, 3.05) is 21.2 Å². The summed E-state index contributed by atoms with van der Waals surface area (Å²) in [5.41, 5.74) is 4.41. The lowest BCUT2D eigenvalue weighted by Crippen LogP contribution is -2.73. The Balaban J connectivity index is 1.70. The fourth-order valence-electron chi connectivity index (χ4n) is 6.55. The number of phenols is 1. The number of Topliss-reactive ketones (excluding diaryl/α,β-unsaturated/α-hetero) is 2. The zero-order valence-electron chi connectivity index (χ0n) is 21.1. The van der Waals surface area contributed by atoms with Crippen LogP contribution in [0.5, 0.6) is 11.5 Å². The smallest absolute Gasteiger partial charge is 0.230 e. The molecule has 2 aromatic rings. The molecule has 11 heteroatoms. The van der Waals surface area contributed by atoms with Crippen molar-refractivity contribution in [2.24, 2.45) is 23.5 Å². The number of phenolic OH excluding ortho intramolecular Hbond substituents is 1. The summed E-state index contributed by atoms with van der Waals surface area (Å²) in [6.07, 6.45) is 1.85. The largest absolute Gasteiger partial charge is 0.507 e. The molecule has 6 atom stereocenters. The summed E-state index contributed by atoms with van der Waals surface area (Å²) >= 11 is 0. The molecule has 3 aliphatic carbocycles. The number of likely N-dealkylation sites (N-methyl/N-ethyl adjacent to an activating group) is 1. The highest BCUT2D eigenvalue weighted by molar-refractivity contribution is 6.25. The highest BCUT2D eigenvalue weighted by Gasteiger charge is 2.67. The number of nitrogens with zero attached hydrogens (tertiary/aromatic N) is 2. The number of aromatic nitrogens is 1. The van der Waals surface area contributed by atoms with E-state index in [0.29, 0.717) is 22.4 Å². The van der Waals surface area contributed by atoms with Crippen LogP contribution in [0.25, 0.3) is 16.9 Å². The SMILES string of the molecule is COc1cncc(-c2ccc(O)c3c2C[C@H]2C[C@H]4[C@H](N(C)C)[C@@H](O)C(C(N)=O)C(=O)[C@@]4(O)C(=O)C2=C3O)c1. The van der Waals surface area contributed by atoms with Crippen molar-refractivity contribution in [1.29, 1.82) is 0 Å². The first-order valence-electron chi connectivity index (χ1n) is 12.2. The number of carbonyl (C=O) groups is 3. The van der Waals surface area contributed by atoms with Gasteiger partial charge in [0, 0.05) is 29.3 Å². The van der Waals surface area contributed by atoms with E-state index >= 15 is 0 Å². The number of hydrogen-bond donors (Lipinski definition) is 5. The number of ether oxygens (including phenoxy) is 1. The summed E-state index contributed by atoms with van der Waals surface area (Å²) in [4.78, 5) is 45.1. The topological polar surface area (TPSA) is 184 Å². The maximum atomic E-state index is 13.9. The molecular formula is C27H29N3O8. The maximum absolute atomic E-state index is 13.9. The summed E-state index contributed by atoms with van der Waals surface area (Å²) in [5.74, 6) is -7.24. The van der Waals surface area contributed by atoms with Crippen molar-refractivity contribution < 1.29 is 39.5 Å². The van der Waals surface area contributed by atoms with Gasteiger partial charge in [0.05, 0.1) is 25.0 Å². The number of amides is 1. The molecule has 1 aromatic carbocycles. The van der Waals surface area contributed by atoms with Crippen LogP contribution in [-0.2, 0) is 20.8 Å². The Morgan fingerprint density at radius 3 is 2.55 bits per heavy atom. The van der Waals surface area contributed by atoms with E-state index in [0.717, 1.165) is 0 Å². The quantitative estimate of drug-likeness (QED) is 0.347. The second-order valence-corrected chi connectivity index (χ2v) is 10.4. The number of carbonyl (C=O) groups excluding carboxylic acids is 3. The first-order valence-corrected chi connectivity index (χ1v) is 12.2. The monoisotopic (exact) mass is 523 g/mol. The zero-order chi connectivity index (χ0) is 27.7. The second-order valence-electron chi connectivity index (χ2n) is 10.4. The van der Waals surface area contributed by atoms with Crippen molar-refractivity contribution in [2.45, 2.75) is 30.6 Å². The molecule has 0 saturated heterocycles. The van der Waals surface area contributed by atoms with Gasteiger partial charge in [0.1, 0.15) is 23.2 Å². The van der Waals surface area contributed by atoms with E-state index in [1.807, 2.05) is 0 Å². The van der Waals surface area contributed by atoms with Gasteiger partial charge in [-0.05, 0) is 56.1 Å². The van der Waals surface area contributed by atoms with Gasteiger partial charge in [-0.15, -0.1) is 0 Å². The summed E-state index contributed by atoms with van der Waals surface area (Å²) < 4.78 is 5.28. The lowest BCUT2D eigenvalue weighted by Gasteiger charge is -2.53. The van der Waals surface area contributed by atoms with Crippen molar-refractivity contribution in [1.82, 2.24) is 9.88 Å². The summed E-state index contributed by atoms with van der Waals surface area (Å²) in [6, 6.07) is 3.86. The molecule has 0 spiro atoms. The number of ketones is 2. The standard InChI is InChI=1S/C27H29N3O8/c1-30(2)21-16-8-11-7-15-14(12-6-13(38-3)10-29-9-12)4-5-17(31)19(15)22(32)18(11)24(34)27(16,37)25(35)20(23(21)33)26(28)36/h4-6,9-11,16,20-21,23,31-33,37H,7-8H2,1-3H3,(H2,28,36)/t11-,16-,20?,21-,23-,27-/m0/s1. The minimum atomic E-state index is -2.69. The van der Waals surface area contributed by atoms with E-state index < -0.39 is 58.7 Å². The Morgan fingerprint density at radius 2 is 1.92 bits per heavy atom. The molecule has 0 aliphatic heterocycles. The van der Waals surface area contributed by atoms with Crippen LogP contribution in [0, 0.1) is 17.8 Å². The number of aromatic hydroxyl groups is 1. The Hall–Kier alpha value is -3.80. The minimum Gasteiger partial charge on any atom is -0.507 e. The molecule has 1 unspecified atom stereocenters. The van der Waals surface area contributed by atoms with Gasteiger partial charge in [-0.1, -0.05) is 6.07 Å². The fraction of sp³-hybridized carbons (Fsp3) is 0.407. The molecule has 3 aliphatic rings. The number of rotatable bonds is 4. The third-order valence-corrected chi connectivity index (χ3v) is 8.23. The van der Waals surface area contributed by atoms with Gasteiger partial charge in [0.25, 0.3) is 0 Å². The van der Waals surface area contributed by atoms with Crippen LogP contribution in [-0.4, -0.2) is 86.7 Å². The molecule has 1 heterocycles. The van der Waals surface area contributed by atoms with Gasteiger partial charge in [0.15, 0.2) is 11.4 Å². The third-order valence-electron chi connectivity index (χ3n) is 8.23. The van der Waals surface area contributed by atoms with Gasteiger partial charge in [-0.25, -0.2) is 0 Å². The van der Waals surface area contributed by atoms with E-state index in [-0.39, 0.29) is 29.7 Å². The van der Waals surface area contributed by atoms with E-state index in [1.165, 1.54) is 13.2 Å². The van der Waals surface area contributed by atoms with E-state index in [1.54, 1.807) is 43.5 Å². The van der Waals surface area contributed by atoms with Crippen LogP contribution in [0.1, 0.15) is 17.5 Å². The number of nitrogens with two attached hydrogens (primary N) is 1. The third kappa shape index (κ3) is 3.46. The van der Waals surface area contributed by atoms with Gasteiger partial charge in [0.2, 0.25) is 11.7 Å². The first-order chi connectivity index (χ1) is 17.9. The summed E-state index contributed by atoms with van der Waals surface area (Å²) in [5, 5.41) is 44.7. The van der Waals surface area contributed by atoms with Gasteiger partial charge in [-0.3, -0.25) is 19.4 Å². The average molecular weight is 524 g/mol. The average Bonchev–Trinajstić information content (AvgIpc) is 2.86. The molecule has 1 amide bonds. The molecule has 2 fully saturated rings. The number of aliphatic hydroxyl groups excluding tert-OH is 2. The Labute approximate surface area is 218 Å². The van der Waals surface area contributed by atoms with Crippen LogP contribution in [0.15, 0.2) is 36.2 Å². The van der Waals surface area contributed by atoms with Crippen LogP contribution in [0.4, 0.5) is 0 Å². The number of primary amides is 1. The maximum Gasteiger partial charge on any atom is 0.230 e. The summed E-state index contributed by atoms with van der Waals surface area (Å²) in [7, 11) is 4.72. The molecule has 0 radical (unpaired) electrons. The summed E-state index contributed by atoms with van der Waals surface area (Å²) in [6.45, 7) is 0. The van der Waals surface area contributed by atoms with E-state index in [2.05, 4.69) is 4.98 Å². The number of benzene rings is 1. The molecule has 38 heavy (non-hydrogen) atoms. The Morgan fingerprint density at radius 1 is 1.21 bits per heavy atom. The van der Waals surface area contributed by atoms with Crippen LogP contribution < -0.4 is 10.5 Å². The van der Waals surface area contributed by atoms with Crippen LogP contribution in [0.2, 0.25) is 0 Å². The van der Waals surface area contributed by atoms with Crippen molar-refractivity contribution in [3.63, 3.8) is 0 Å². The van der Waals surface area contributed by atoms with Gasteiger partial charge < -0.3 is 35.8 Å². The molecule has 2 saturated carbocycles. The highest BCUT2D eigenvalue weighted by atomic mass is 16.5. The van der Waals surface area contributed by atoms with Crippen LogP contribution in [0.3, 0.4) is 0 Å². The number of aliphatic hydroxyl groups is 3. The van der Waals surface area contributed by atoms with Crippen LogP contribution >= 0.6 is 0 Å². The predicted octanol–water partition coefficient (Wildman–Crippen LogP) is 0.200. The molecule has 11 nitrogen and oxygen atoms in total. The lowest BCUT2D eigenvalue weighted by molar-refractivity contribution is -0.184. The molecule has 6 N–H and O–H groups in total. The Kier molecular flexibility index (Phi) is 6.05. The lowest BCUT2D eigenvalue weighted by atomic mass is 9.54. The number of hydrogen-bond acceptors (Lipinski definition) is 10. The van der Waals surface area contributed by atoms with Gasteiger partial charge in [-0.2, -0.15) is 0 Å². The fourth-order valence-corrected chi connectivity index (χ4v) is 6.55. The van der Waals surface area contributed by atoms with E-state index in [9.17, 15) is 34.8 Å². The highest BCUT2D eigenvalue weighted by Crippen LogP contribution is 2.53. The molecular weight excluding hydrogens is 494 g/mol. The normalized spacial score (nSPS) is 30.5. The van der Waals surface area contributed by atoms with Crippen molar-refractivity contribution >= 4 is 23.2 Å². The second kappa shape index (κ2) is 8.90. The Bertz CT molecular complexity index is 1400. The minimum absolute atomic E-state index is 0.0193. The number of fused-ring (bicyclic) bond motifs is 3. The van der Waals surface area contributed by atoms with Crippen molar-refractivity contribution in [3.05, 3.63) is 47.3 Å². The van der Waals surface area contributed by atoms with E-state index in [4.69, 9.17) is 10.5 Å². The number of methoxy groups -OCH3 is 1. The zero-order valence-corrected chi connectivity index (χ0v) is 21.1. The molecule has 0 bridgehead atoms. The molecule has 5 rings (SSSR count). The van der Waals surface area contributed by atoms with Crippen molar-refractivity contribution in [3.8, 4) is 22.6 Å². The molecule has 200 valence electrons.